The molecule has 0 saturated heterocycles. The first-order valence-electron chi connectivity index (χ1n) is 5.31. The first kappa shape index (κ1) is 12.5. The molecule has 0 unspecified atom stereocenters. The van der Waals surface area contributed by atoms with Crippen molar-refractivity contribution in [1.82, 2.24) is 0 Å². The lowest BCUT2D eigenvalue weighted by Gasteiger charge is -2.06. The molecule has 0 aliphatic heterocycles. The molecular formula is C14H11ClO3. The highest BCUT2D eigenvalue weighted by molar-refractivity contribution is 6.30. The number of hydrogen-bond acceptors (Lipinski definition) is 3. The molecule has 0 amide bonds. The lowest BCUT2D eigenvalue weighted by atomic mass is 10.2. The van der Waals surface area contributed by atoms with E-state index >= 15 is 0 Å². The van der Waals surface area contributed by atoms with Crippen molar-refractivity contribution in [1.29, 1.82) is 0 Å². The van der Waals surface area contributed by atoms with Gasteiger partial charge in [0.15, 0.2) is 0 Å². The average molecular weight is 263 g/mol. The molecule has 0 spiro atoms. The molecule has 0 atom stereocenters. The minimum atomic E-state index is -0.431. The zero-order chi connectivity index (χ0) is 13.0. The Morgan fingerprint density at radius 3 is 2.39 bits per heavy atom. The molecule has 3 nitrogen and oxygen atoms in total. The van der Waals surface area contributed by atoms with Gasteiger partial charge in [0.1, 0.15) is 11.5 Å². The van der Waals surface area contributed by atoms with Crippen molar-refractivity contribution in [3.05, 3.63) is 59.1 Å². The third-order valence-corrected chi connectivity index (χ3v) is 2.58. The molecule has 0 aliphatic rings. The average Bonchev–Trinajstić information content (AvgIpc) is 2.39. The molecule has 0 N–H and O–H groups in total. The van der Waals surface area contributed by atoms with Gasteiger partial charge in [-0.2, -0.15) is 0 Å². The highest BCUT2D eigenvalue weighted by atomic mass is 35.5. The quantitative estimate of drug-likeness (QED) is 0.627. The van der Waals surface area contributed by atoms with E-state index in [9.17, 15) is 4.79 Å². The summed E-state index contributed by atoms with van der Waals surface area (Å²) < 4.78 is 10.3. The van der Waals surface area contributed by atoms with Crippen molar-refractivity contribution in [2.45, 2.75) is 0 Å². The van der Waals surface area contributed by atoms with Crippen LogP contribution >= 0.6 is 11.6 Å². The van der Waals surface area contributed by atoms with Crippen LogP contribution < -0.4 is 9.47 Å². The van der Waals surface area contributed by atoms with E-state index in [0.29, 0.717) is 22.1 Å². The van der Waals surface area contributed by atoms with E-state index in [1.165, 1.54) is 0 Å². The molecule has 2 aromatic rings. The van der Waals surface area contributed by atoms with Crippen molar-refractivity contribution >= 4 is 17.6 Å². The monoisotopic (exact) mass is 262 g/mol. The molecule has 2 rings (SSSR count). The van der Waals surface area contributed by atoms with Crippen molar-refractivity contribution < 1.29 is 14.3 Å². The van der Waals surface area contributed by atoms with Gasteiger partial charge in [-0.3, -0.25) is 0 Å². The van der Waals surface area contributed by atoms with E-state index < -0.39 is 5.97 Å². The summed E-state index contributed by atoms with van der Waals surface area (Å²) in [5.41, 5.74) is 0.446. The molecule has 0 aliphatic carbocycles. The minimum absolute atomic E-state index is 0.431. The van der Waals surface area contributed by atoms with E-state index in [1.54, 1.807) is 55.6 Å². The summed E-state index contributed by atoms with van der Waals surface area (Å²) in [4.78, 5) is 11.8. The molecule has 4 heteroatoms. The SMILES string of the molecule is COc1cccc(OC(=O)c2ccc(Cl)cc2)c1. The zero-order valence-electron chi connectivity index (χ0n) is 9.72. The topological polar surface area (TPSA) is 35.5 Å². The molecule has 0 saturated carbocycles. The lowest BCUT2D eigenvalue weighted by molar-refractivity contribution is 0.0734. The molecule has 0 fully saturated rings. The second-order valence-corrected chi connectivity index (χ2v) is 4.01. The van der Waals surface area contributed by atoms with Crippen molar-refractivity contribution in [2.75, 3.05) is 7.11 Å². The largest absolute Gasteiger partial charge is 0.497 e. The number of esters is 1. The Labute approximate surface area is 110 Å². The zero-order valence-corrected chi connectivity index (χ0v) is 10.5. The van der Waals surface area contributed by atoms with E-state index in [0.717, 1.165) is 0 Å². The molecule has 0 aromatic heterocycles. The maximum atomic E-state index is 11.8. The van der Waals surface area contributed by atoms with Crippen molar-refractivity contribution in [3.8, 4) is 11.5 Å². The number of benzene rings is 2. The van der Waals surface area contributed by atoms with Gasteiger partial charge in [0, 0.05) is 11.1 Å². The molecule has 0 bridgehead atoms. The van der Waals surface area contributed by atoms with E-state index in [1.807, 2.05) is 0 Å². The number of carbonyl (C=O) groups excluding carboxylic acids is 1. The van der Waals surface area contributed by atoms with Crippen LogP contribution in [0, 0.1) is 0 Å². The summed E-state index contributed by atoms with van der Waals surface area (Å²) >= 11 is 5.75. The number of hydrogen-bond donors (Lipinski definition) is 0. The number of methoxy groups -OCH3 is 1. The van der Waals surface area contributed by atoms with E-state index in [4.69, 9.17) is 21.1 Å². The summed E-state index contributed by atoms with van der Waals surface area (Å²) in [5, 5.41) is 0.577. The van der Waals surface area contributed by atoms with Crippen LogP contribution in [0.25, 0.3) is 0 Å². The number of rotatable bonds is 3. The summed E-state index contributed by atoms with van der Waals surface area (Å²) in [6, 6.07) is 13.4. The summed E-state index contributed by atoms with van der Waals surface area (Å²) in [7, 11) is 1.56. The van der Waals surface area contributed by atoms with Gasteiger partial charge in [-0.05, 0) is 36.4 Å². The van der Waals surface area contributed by atoms with Gasteiger partial charge < -0.3 is 9.47 Å². The number of ether oxygens (including phenoxy) is 2. The predicted molar refractivity (Wildman–Crippen MR) is 69.4 cm³/mol. The van der Waals surface area contributed by atoms with Gasteiger partial charge in [0.25, 0.3) is 0 Å². The maximum absolute atomic E-state index is 11.8. The first-order chi connectivity index (χ1) is 8.69. The third-order valence-electron chi connectivity index (χ3n) is 2.33. The maximum Gasteiger partial charge on any atom is 0.343 e. The fraction of sp³-hybridized carbons (Fsp3) is 0.0714. The Morgan fingerprint density at radius 1 is 1.06 bits per heavy atom. The number of carbonyl (C=O) groups is 1. The Bertz CT molecular complexity index is 549. The summed E-state index contributed by atoms with van der Waals surface area (Å²) in [6.45, 7) is 0. The van der Waals surface area contributed by atoms with Gasteiger partial charge in [0.05, 0.1) is 12.7 Å². The van der Waals surface area contributed by atoms with Crippen LogP contribution in [-0.2, 0) is 0 Å². The van der Waals surface area contributed by atoms with Crippen LogP contribution in [0.2, 0.25) is 5.02 Å². The highest BCUT2D eigenvalue weighted by Crippen LogP contribution is 2.20. The van der Waals surface area contributed by atoms with Gasteiger partial charge in [-0.25, -0.2) is 4.79 Å². The Kier molecular flexibility index (Phi) is 3.85. The summed E-state index contributed by atoms with van der Waals surface area (Å²) in [5.74, 6) is 0.644. The van der Waals surface area contributed by atoms with E-state index in [2.05, 4.69) is 0 Å². The predicted octanol–water partition coefficient (Wildman–Crippen LogP) is 3.57. The van der Waals surface area contributed by atoms with Gasteiger partial charge in [0.2, 0.25) is 0 Å². The van der Waals surface area contributed by atoms with Crippen LogP contribution in [0.5, 0.6) is 11.5 Å². The fourth-order valence-corrected chi connectivity index (χ4v) is 1.54. The van der Waals surface area contributed by atoms with Crippen LogP contribution in [-0.4, -0.2) is 13.1 Å². The second kappa shape index (κ2) is 5.56. The molecule has 18 heavy (non-hydrogen) atoms. The Morgan fingerprint density at radius 2 is 1.72 bits per heavy atom. The van der Waals surface area contributed by atoms with Crippen LogP contribution in [0.1, 0.15) is 10.4 Å². The lowest BCUT2D eigenvalue weighted by Crippen LogP contribution is -2.08. The minimum Gasteiger partial charge on any atom is -0.497 e. The van der Waals surface area contributed by atoms with Crippen molar-refractivity contribution in [2.24, 2.45) is 0 Å². The Balaban J connectivity index is 2.13. The normalized spacial score (nSPS) is 9.89. The van der Waals surface area contributed by atoms with Crippen LogP contribution in [0.15, 0.2) is 48.5 Å². The van der Waals surface area contributed by atoms with Crippen LogP contribution in [0.3, 0.4) is 0 Å². The number of halogens is 1. The smallest absolute Gasteiger partial charge is 0.343 e. The van der Waals surface area contributed by atoms with Gasteiger partial charge in [-0.15, -0.1) is 0 Å². The van der Waals surface area contributed by atoms with Crippen molar-refractivity contribution in [3.63, 3.8) is 0 Å². The molecule has 2 aromatic carbocycles. The molecular weight excluding hydrogens is 252 g/mol. The summed E-state index contributed by atoms with van der Waals surface area (Å²) in [6.07, 6.45) is 0. The molecule has 0 heterocycles. The Hall–Kier alpha value is -2.00. The first-order valence-corrected chi connectivity index (χ1v) is 5.68. The van der Waals surface area contributed by atoms with Gasteiger partial charge in [-0.1, -0.05) is 17.7 Å². The van der Waals surface area contributed by atoms with Crippen LogP contribution in [0.4, 0.5) is 0 Å². The fourth-order valence-electron chi connectivity index (χ4n) is 1.42. The third kappa shape index (κ3) is 3.02. The molecule has 0 radical (unpaired) electrons. The van der Waals surface area contributed by atoms with E-state index in [-0.39, 0.29) is 0 Å². The van der Waals surface area contributed by atoms with Gasteiger partial charge >= 0.3 is 5.97 Å². The highest BCUT2D eigenvalue weighted by Gasteiger charge is 2.08. The second-order valence-electron chi connectivity index (χ2n) is 3.58. The standard InChI is InChI=1S/C14H11ClO3/c1-17-12-3-2-4-13(9-12)18-14(16)10-5-7-11(15)8-6-10/h2-9H,1H3. The molecule has 92 valence electrons.